The lowest BCUT2D eigenvalue weighted by molar-refractivity contribution is 0.114. The van der Waals surface area contributed by atoms with Gasteiger partial charge in [0.1, 0.15) is 0 Å². The molecule has 1 atom stereocenters. The fourth-order valence-corrected chi connectivity index (χ4v) is 3.08. The van der Waals surface area contributed by atoms with Crippen LogP contribution in [0.5, 0.6) is 0 Å². The normalized spacial score (nSPS) is 29.3. The minimum atomic E-state index is 0.617. The molecule has 94 valence electrons. The molecule has 1 aliphatic carbocycles. The minimum Gasteiger partial charge on any atom is -0.300 e. The molecule has 1 heterocycles. The number of nitrogens with zero attached hydrogens (tertiary/aromatic N) is 1. The molecule has 0 unspecified atom stereocenters. The van der Waals surface area contributed by atoms with Crippen LogP contribution in [0.2, 0.25) is 0 Å². The van der Waals surface area contributed by atoms with Gasteiger partial charge in [0, 0.05) is 6.04 Å². The van der Waals surface area contributed by atoms with Crippen molar-refractivity contribution in [1.29, 1.82) is 0 Å². The molecule has 0 spiro atoms. The van der Waals surface area contributed by atoms with Crippen LogP contribution in [0.1, 0.15) is 59.3 Å². The van der Waals surface area contributed by atoms with Crippen molar-refractivity contribution in [2.75, 3.05) is 13.1 Å². The monoisotopic (exact) mass is 223 g/mol. The topological polar surface area (TPSA) is 3.24 Å². The fourth-order valence-electron chi connectivity index (χ4n) is 3.08. The van der Waals surface area contributed by atoms with E-state index in [1.807, 2.05) is 6.92 Å². The maximum absolute atomic E-state index is 3.36. The van der Waals surface area contributed by atoms with E-state index in [0.717, 1.165) is 6.04 Å². The zero-order valence-electron chi connectivity index (χ0n) is 11.5. The van der Waals surface area contributed by atoms with E-state index in [9.17, 15) is 0 Å². The van der Waals surface area contributed by atoms with Crippen LogP contribution < -0.4 is 0 Å². The Morgan fingerprint density at radius 2 is 1.75 bits per heavy atom. The van der Waals surface area contributed by atoms with Gasteiger partial charge in [0.25, 0.3) is 0 Å². The molecule has 1 saturated heterocycles. The predicted octanol–water partition coefficient (Wildman–Crippen LogP) is 4.24. The second kappa shape index (κ2) is 6.44. The zero-order valence-corrected chi connectivity index (χ0v) is 11.5. The lowest BCUT2D eigenvalue weighted by atomic mass is 9.75. The Labute approximate surface area is 102 Å². The molecule has 1 nitrogen and oxygen atoms in total. The summed E-state index contributed by atoms with van der Waals surface area (Å²) in [6.07, 6.45) is 10.4. The third-order valence-corrected chi connectivity index (χ3v) is 3.84. The Balaban J connectivity index is 0.000000386. The van der Waals surface area contributed by atoms with Crippen LogP contribution >= 0.6 is 0 Å². The first-order valence-electron chi connectivity index (χ1n) is 6.90. The van der Waals surface area contributed by atoms with E-state index in [4.69, 9.17) is 0 Å². The number of hydrogen-bond acceptors (Lipinski definition) is 1. The van der Waals surface area contributed by atoms with Gasteiger partial charge in [-0.3, -0.25) is 0 Å². The van der Waals surface area contributed by atoms with Crippen molar-refractivity contribution in [3.05, 3.63) is 12.7 Å². The first-order valence-corrected chi connectivity index (χ1v) is 6.90. The number of hydrogen-bond donors (Lipinski definition) is 0. The molecule has 0 bridgehead atoms. The molecule has 16 heavy (non-hydrogen) atoms. The summed E-state index contributed by atoms with van der Waals surface area (Å²) >= 11 is 0. The van der Waals surface area contributed by atoms with Crippen molar-refractivity contribution < 1.29 is 0 Å². The lowest BCUT2D eigenvalue weighted by Crippen LogP contribution is -2.39. The summed E-state index contributed by atoms with van der Waals surface area (Å²) in [6, 6.07) is 0.922. The Morgan fingerprint density at radius 1 is 1.19 bits per heavy atom. The van der Waals surface area contributed by atoms with Gasteiger partial charge in [-0.05, 0) is 57.5 Å². The molecule has 1 saturated carbocycles. The molecule has 1 heteroatoms. The van der Waals surface area contributed by atoms with Crippen LogP contribution in [-0.4, -0.2) is 24.0 Å². The van der Waals surface area contributed by atoms with E-state index in [0.29, 0.717) is 5.41 Å². The average molecular weight is 223 g/mol. The molecule has 0 amide bonds. The van der Waals surface area contributed by atoms with Crippen LogP contribution in [0.25, 0.3) is 0 Å². The van der Waals surface area contributed by atoms with Crippen LogP contribution in [0.15, 0.2) is 12.7 Å². The van der Waals surface area contributed by atoms with Crippen LogP contribution in [0.3, 0.4) is 0 Å². The summed E-state index contributed by atoms with van der Waals surface area (Å²) in [6.45, 7) is 12.9. The van der Waals surface area contributed by atoms with E-state index in [1.54, 1.807) is 6.08 Å². The summed E-state index contributed by atoms with van der Waals surface area (Å²) in [4.78, 5) is 2.74. The van der Waals surface area contributed by atoms with Gasteiger partial charge in [-0.15, -0.1) is 6.58 Å². The summed E-state index contributed by atoms with van der Waals surface area (Å²) in [5.41, 5.74) is 0.617. The van der Waals surface area contributed by atoms with Crippen molar-refractivity contribution in [2.45, 2.75) is 65.3 Å². The van der Waals surface area contributed by atoms with E-state index in [1.165, 1.54) is 51.6 Å². The average Bonchev–Trinajstić information content (AvgIpc) is 2.70. The number of allylic oxidation sites excluding steroid dienone is 1. The fraction of sp³-hybridized carbons (Fsp3) is 0.867. The Bertz CT molecular complexity index is 201. The zero-order chi connectivity index (χ0) is 12.0. The molecule has 0 radical (unpaired) electrons. The summed E-state index contributed by atoms with van der Waals surface area (Å²) in [7, 11) is 0. The molecule has 0 aromatic heterocycles. The van der Waals surface area contributed by atoms with Crippen LogP contribution in [0, 0.1) is 5.41 Å². The number of likely N-dealkylation sites (tertiary alicyclic amines) is 1. The third kappa shape index (κ3) is 4.29. The van der Waals surface area contributed by atoms with E-state index >= 15 is 0 Å². The lowest BCUT2D eigenvalue weighted by Gasteiger charge is -2.39. The smallest absolute Gasteiger partial charge is 0.0100 e. The first kappa shape index (κ1) is 13.8. The third-order valence-electron chi connectivity index (χ3n) is 3.84. The second-order valence-electron chi connectivity index (χ2n) is 6.07. The van der Waals surface area contributed by atoms with Gasteiger partial charge >= 0.3 is 0 Å². The van der Waals surface area contributed by atoms with Crippen molar-refractivity contribution in [2.24, 2.45) is 5.41 Å². The standard InChI is InChI=1S/C12H23N.C3H6/c1-12(2)7-5-6-11(10-12)13-8-3-4-9-13;1-3-2/h11H,3-10H2,1-2H3;3H,1H2,2H3/t11-;/m0./s1. The Morgan fingerprint density at radius 3 is 2.25 bits per heavy atom. The SMILES string of the molecule is C=CC.CC1(C)CCC[C@H](N2CCCC2)C1. The van der Waals surface area contributed by atoms with Gasteiger partial charge in [0.2, 0.25) is 0 Å². The van der Waals surface area contributed by atoms with Crippen LogP contribution in [-0.2, 0) is 0 Å². The Hall–Kier alpha value is -0.300. The predicted molar refractivity (Wildman–Crippen MR) is 72.7 cm³/mol. The van der Waals surface area contributed by atoms with Crippen molar-refractivity contribution in [3.63, 3.8) is 0 Å². The summed E-state index contributed by atoms with van der Waals surface area (Å²) < 4.78 is 0. The van der Waals surface area contributed by atoms with E-state index in [-0.39, 0.29) is 0 Å². The highest BCUT2D eigenvalue weighted by Gasteiger charge is 2.32. The van der Waals surface area contributed by atoms with Gasteiger partial charge in [0.15, 0.2) is 0 Å². The van der Waals surface area contributed by atoms with E-state index in [2.05, 4.69) is 25.3 Å². The van der Waals surface area contributed by atoms with E-state index < -0.39 is 0 Å². The van der Waals surface area contributed by atoms with Gasteiger partial charge in [0.05, 0.1) is 0 Å². The highest BCUT2D eigenvalue weighted by atomic mass is 15.2. The second-order valence-corrected chi connectivity index (χ2v) is 6.07. The van der Waals surface area contributed by atoms with Crippen molar-refractivity contribution in [3.8, 4) is 0 Å². The van der Waals surface area contributed by atoms with Crippen molar-refractivity contribution in [1.82, 2.24) is 4.90 Å². The quantitative estimate of drug-likeness (QED) is 0.601. The van der Waals surface area contributed by atoms with Gasteiger partial charge in [-0.25, -0.2) is 0 Å². The molecule has 2 fully saturated rings. The maximum atomic E-state index is 3.36. The van der Waals surface area contributed by atoms with Gasteiger partial charge in [-0.1, -0.05) is 26.3 Å². The Kier molecular flexibility index (Phi) is 5.54. The molecule has 2 rings (SSSR count). The summed E-state index contributed by atoms with van der Waals surface area (Å²) in [5.74, 6) is 0. The maximum Gasteiger partial charge on any atom is 0.0100 e. The highest BCUT2D eigenvalue weighted by molar-refractivity contribution is 4.86. The summed E-state index contributed by atoms with van der Waals surface area (Å²) in [5, 5.41) is 0. The van der Waals surface area contributed by atoms with Crippen LogP contribution in [0.4, 0.5) is 0 Å². The molecule has 0 aromatic carbocycles. The molecule has 0 aromatic rings. The minimum absolute atomic E-state index is 0.617. The molecule has 0 N–H and O–H groups in total. The number of rotatable bonds is 1. The van der Waals surface area contributed by atoms with Gasteiger partial charge < -0.3 is 4.90 Å². The molecular formula is C15H29N. The van der Waals surface area contributed by atoms with Crippen molar-refractivity contribution >= 4 is 0 Å². The van der Waals surface area contributed by atoms with Gasteiger partial charge in [-0.2, -0.15) is 0 Å². The highest BCUT2D eigenvalue weighted by Crippen LogP contribution is 2.37. The first-order chi connectivity index (χ1) is 7.59. The molecular weight excluding hydrogens is 194 g/mol. The largest absolute Gasteiger partial charge is 0.300 e. The molecule has 1 aliphatic heterocycles. The molecule has 2 aliphatic rings.